The van der Waals surface area contributed by atoms with Gasteiger partial charge in [-0.15, -0.1) is 0 Å². The number of nitrogens with one attached hydrogen (secondary N) is 1. The summed E-state index contributed by atoms with van der Waals surface area (Å²) in [5, 5.41) is 6.46. The molecule has 2 aliphatic rings. The first-order chi connectivity index (χ1) is 19.2. The van der Waals surface area contributed by atoms with Gasteiger partial charge in [0.2, 0.25) is 5.91 Å². The Bertz CT molecular complexity index is 1660. The fourth-order valence-electron chi connectivity index (χ4n) is 4.81. The van der Waals surface area contributed by atoms with Crippen molar-refractivity contribution in [1.82, 2.24) is 29.7 Å². The van der Waals surface area contributed by atoms with Crippen LogP contribution in [0.1, 0.15) is 40.3 Å². The van der Waals surface area contributed by atoms with Crippen molar-refractivity contribution in [3.8, 4) is 11.3 Å². The van der Waals surface area contributed by atoms with E-state index in [1.165, 1.54) is 10.9 Å². The molecule has 1 saturated heterocycles. The highest BCUT2D eigenvalue weighted by molar-refractivity contribution is 6.31. The Kier molecular flexibility index (Phi) is 6.45. The number of nitrogens with zero attached hydrogens (tertiary/aromatic N) is 7. The number of hydrogen-bond acceptors (Lipinski definition) is 7. The highest BCUT2D eigenvalue weighted by Crippen LogP contribution is 2.47. The predicted octanol–water partition coefficient (Wildman–Crippen LogP) is 4.45. The number of fused-ring (bicyclic) bond motifs is 1. The normalized spacial score (nSPS) is 17.9. The van der Waals surface area contributed by atoms with Gasteiger partial charge in [0.25, 0.3) is 12.3 Å². The molecule has 4 aromatic rings. The van der Waals surface area contributed by atoms with E-state index in [1.54, 1.807) is 24.2 Å². The highest BCUT2D eigenvalue weighted by atomic mass is 35.5. The summed E-state index contributed by atoms with van der Waals surface area (Å²) in [6, 6.07) is 2.03. The maximum atomic E-state index is 14.7. The van der Waals surface area contributed by atoms with Crippen LogP contribution >= 0.6 is 11.6 Å². The smallest absolute Gasteiger partial charge is 0.275 e. The van der Waals surface area contributed by atoms with E-state index >= 15 is 0 Å². The van der Waals surface area contributed by atoms with Gasteiger partial charge in [0.05, 0.1) is 59.1 Å². The molecule has 1 aliphatic carbocycles. The van der Waals surface area contributed by atoms with Gasteiger partial charge in [-0.05, 0) is 25.3 Å². The minimum Gasteiger partial charge on any atom is -0.318 e. The summed E-state index contributed by atoms with van der Waals surface area (Å²) in [5.41, 5.74) is -0.0634. The molecule has 0 radical (unpaired) electrons. The number of benzene rings is 1. The molecular weight excluding hydrogens is 549 g/mol. The van der Waals surface area contributed by atoms with Gasteiger partial charge in [0.15, 0.2) is 11.6 Å². The van der Waals surface area contributed by atoms with Crippen LogP contribution in [0.2, 0.25) is 5.02 Å². The van der Waals surface area contributed by atoms with Gasteiger partial charge < -0.3 is 5.32 Å². The molecule has 1 N–H and O–H groups in total. The number of rotatable bonds is 7. The van der Waals surface area contributed by atoms with E-state index in [2.05, 4.69) is 30.4 Å². The van der Waals surface area contributed by atoms with Gasteiger partial charge in [-0.3, -0.25) is 29.1 Å². The van der Waals surface area contributed by atoms with Crippen LogP contribution in [0.15, 0.2) is 43.1 Å². The van der Waals surface area contributed by atoms with Crippen LogP contribution in [-0.4, -0.2) is 48.1 Å². The van der Waals surface area contributed by atoms with Gasteiger partial charge in [-0.2, -0.15) is 5.10 Å². The van der Waals surface area contributed by atoms with E-state index in [0.29, 0.717) is 35.4 Å². The first-order valence-electron chi connectivity index (χ1n) is 12.3. The lowest BCUT2D eigenvalue weighted by Gasteiger charge is -2.19. The molecule has 10 nitrogen and oxygen atoms in total. The molecule has 6 rings (SSSR count). The molecule has 2 atom stereocenters. The molecule has 204 valence electrons. The van der Waals surface area contributed by atoms with Gasteiger partial charge >= 0.3 is 0 Å². The average Bonchev–Trinajstić information content (AvgIpc) is 3.46. The number of carbonyl (C=O) groups excluding carboxylic acids is 2. The highest BCUT2D eigenvalue weighted by Gasteiger charge is 2.53. The lowest BCUT2D eigenvalue weighted by Crippen LogP contribution is -2.30. The lowest BCUT2D eigenvalue weighted by atomic mass is 10.0. The number of aryl methyl sites for hydroxylation is 1. The summed E-state index contributed by atoms with van der Waals surface area (Å²) >= 11 is 5.79. The monoisotopic (exact) mass is 568 g/mol. The molecule has 40 heavy (non-hydrogen) atoms. The zero-order valence-corrected chi connectivity index (χ0v) is 21.6. The van der Waals surface area contributed by atoms with Gasteiger partial charge in [0.1, 0.15) is 5.69 Å². The van der Waals surface area contributed by atoms with E-state index in [1.807, 2.05) is 0 Å². The van der Waals surface area contributed by atoms with Crippen molar-refractivity contribution >= 4 is 34.9 Å². The molecule has 1 aliphatic heterocycles. The topological polar surface area (TPSA) is 119 Å². The second-order valence-electron chi connectivity index (χ2n) is 9.62. The molecule has 0 bridgehead atoms. The Morgan fingerprint density at radius 3 is 2.75 bits per heavy atom. The zero-order chi connectivity index (χ0) is 28.1. The van der Waals surface area contributed by atoms with Crippen molar-refractivity contribution in [2.75, 3.05) is 16.8 Å². The summed E-state index contributed by atoms with van der Waals surface area (Å²) in [6.07, 6.45) is 4.71. The van der Waals surface area contributed by atoms with Gasteiger partial charge in [0, 0.05) is 29.8 Å². The van der Waals surface area contributed by atoms with E-state index in [0.717, 1.165) is 30.9 Å². The third-order valence-corrected chi connectivity index (χ3v) is 7.14. The SMILES string of the molecule is Cc1nc(Cn2cc(NC(=O)c3cncc(-c4c(C(F)F)ccc(Cl)c4F)n3)cn2)cnc1N1C[C@H]2C[C@H]2C1=O. The molecule has 0 unspecified atom stereocenters. The first kappa shape index (κ1) is 25.9. The molecular formula is C26H20ClF3N8O2. The summed E-state index contributed by atoms with van der Waals surface area (Å²) in [7, 11) is 0. The number of aromatic nitrogens is 6. The number of carbonyl (C=O) groups is 2. The van der Waals surface area contributed by atoms with Crippen molar-refractivity contribution in [3.63, 3.8) is 0 Å². The summed E-state index contributed by atoms with van der Waals surface area (Å²) in [4.78, 5) is 43.8. The zero-order valence-electron chi connectivity index (χ0n) is 20.9. The van der Waals surface area contributed by atoms with Crippen molar-refractivity contribution in [1.29, 1.82) is 0 Å². The maximum absolute atomic E-state index is 14.7. The number of amides is 2. The van der Waals surface area contributed by atoms with E-state index in [4.69, 9.17) is 11.6 Å². The Morgan fingerprint density at radius 2 is 2.02 bits per heavy atom. The van der Waals surface area contributed by atoms with Crippen LogP contribution in [0.3, 0.4) is 0 Å². The molecule has 1 saturated carbocycles. The quantitative estimate of drug-likeness (QED) is 0.350. The van der Waals surface area contributed by atoms with Crippen LogP contribution in [0.5, 0.6) is 0 Å². The van der Waals surface area contributed by atoms with E-state index < -0.39 is 29.3 Å². The Morgan fingerprint density at radius 1 is 1.20 bits per heavy atom. The molecule has 2 amide bonds. The summed E-state index contributed by atoms with van der Waals surface area (Å²) in [5.74, 6) is -0.570. The Hall–Kier alpha value is -4.39. The molecule has 4 heterocycles. The lowest BCUT2D eigenvalue weighted by molar-refractivity contribution is -0.118. The van der Waals surface area contributed by atoms with E-state index in [9.17, 15) is 22.8 Å². The van der Waals surface area contributed by atoms with Crippen LogP contribution in [0.4, 0.5) is 24.7 Å². The van der Waals surface area contributed by atoms with Crippen molar-refractivity contribution < 1.29 is 22.8 Å². The first-order valence-corrected chi connectivity index (χ1v) is 12.6. The van der Waals surface area contributed by atoms with Crippen LogP contribution in [0.25, 0.3) is 11.3 Å². The molecule has 2 fully saturated rings. The summed E-state index contributed by atoms with van der Waals surface area (Å²) < 4.78 is 43.2. The molecule has 0 spiro atoms. The van der Waals surface area contributed by atoms with Crippen molar-refractivity contribution in [2.24, 2.45) is 11.8 Å². The number of hydrogen-bond donors (Lipinski definition) is 1. The van der Waals surface area contributed by atoms with Crippen LogP contribution < -0.4 is 10.2 Å². The number of anilines is 2. The Balaban J connectivity index is 1.15. The maximum Gasteiger partial charge on any atom is 0.275 e. The second kappa shape index (κ2) is 9.97. The van der Waals surface area contributed by atoms with Crippen LogP contribution in [-0.2, 0) is 11.3 Å². The third kappa shape index (κ3) is 4.76. The summed E-state index contributed by atoms with van der Waals surface area (Å²) in [6.45, 7) is 2.73. The minimum absolute atomic E-state index is 0.102. The third-order valence-electron chi connectivity index (χ3n) is 6.85. The number of piperidine rings is 1. The van der Waals surface area contributed by atoms with Crippen molar-refractivity contribution in [2.45, 2.75) is 26.3 Å². The van der Waals surface area contributed by atoms with Gasteiger partial charge in [-0.1, -0.05) is 17.7 Å². The van der Waals surface area contributed by atoms with Gasteiger partial charge in [-0.25, -0.2) is 23.1 Å². The predicted molar refractivity (Wildman–Crippen MR) is 137 cm³/mol. The van der Waals surface area contributed by atoms with Crippen molar-refractivity contribution in [3.05, 3.63) is 76.6 Å². The second-order valence-corrected chi connectivity index (χ2v) is 10.0. The average molecular weight is 569 g/mol. The fourth-order valence-corrected chi connectivity index (χ4v) is 4.97. The number of halogens is 4. The fraction of sp³-hybridized carbons (Fsp3) is 0.269. The molecule has 3 aromatic heterocycles. The van der Waals surface area contributed by atoms with E-state index in [-0.39, 0.29) is 34.8 Å². The molecule has 14 heteroatoms. The number of alkyl halides is 2. The minimum atomic E-state index is -3.00. The van der Waals surface area contributed by atoms with Crippen LogP contribution in [0, 0.1) is 24.6 Å². The Labute approximate surface area is 230 Å². The standard InChI is InChI=1S/C26H20ClF3N8O2/c1-12-24(38-9-13-4-17(13)26(38)40)32-5-14(34-12)10-37-11-15(6-33-37)35-25(39)20-8-31-7-19(36-20)21-16(23(29)30)2-3-18(27)22(21)28/h2-3,5-8,11,13,17,23H,4,9-10H2,1H3,(H,35,39)/t13-,17-/m1/s1. The largest absolute Gasteiger partial charge is 0.318 e. The molecule has 1 aromatic carbocycles.